The number of nitrogens with zero attached hydrogens (tertiary/aromatic N) is 4. The highest BCUT2D eigenvalue weighted by Crippen LogP contribution is 2.29. The van der Waals surface area contributed by atoms with E-state index >= 15 is 0 Å². The number of carbonyl (C=O) groups excluding carboxylic acids is 1. The van der Waals surface area contributed by atoms with Crippen molar-refractivity contribution in [3.63, 3.8) is 0 Å². The molecule has 10 heteroatoms. The minimum absolute atomic E-state index is 0.0657. The average molecular weight is 477 g/mol. The van der Waals surface area contributed by atoms with Crippen LogP contribution in [0.3, 0.4) is 0 Å². The van der Waals surface area contributed by atoms with Gasteiger partial charge in [0.1, 0.15) is 5.82 Å². The van der Waals surface area contributed by atoms with Gasteiger partial charge in [0.2, 0.25) is 11.8 Å². The molecule has 10 nitrogen and oxygen atoms in total. The van der Waals surface area contributed by atoms with Gasteiger partial charge >= 0.3 is 6.03 Å². The van der Waals surface area contributed by atoms with Crippen LogP contribution in [0.4, 0.5) is 10.6 Å². The first kappa shape index (κ1) is 24.0. The van der Waals surface area contributed by atoms with E-state index < -0.39 is 0 Å². The molecule has 0 radical (unpaired) electrons. The Bertz CT molecular complexity index is 1300. The van der Waals surface area contributed by atoms with Gasteiger partial charge in [-0.3, -0.25) is 5.32 Å². The van der Waals surface area contributed by atoms with Crippen molar-refractivity contribution in [2.45, 2.75) is 40.5 Å². The van der Waals surface area contributed by atoms with E-state index in [9.17, 15) is 4.79 Å². The predicted octanol–water partition coefficient (Wildman–Crippen LogP) is 4.23. The maximum atomic E-state index is 12.9. The molecule has 2 N–H and O–H groups in total. The molecular formula is C25H28N6O4. The fourth-order valence-corrected chi connectivity index (χ4v) is 3.54. The molecule has 0 fully saturated rings. The van der Waals surface area contributed by atoms with Crippen molar-refractivity contribution in [3.8, 4) is 11.6 Å². The standard InChI is InChI=1S/C25H28N6O4/c1-16-10-11-19(14-33-4)12-20(16)13-26-25(32)27-23-17(2)24(34-15-22-29-28-18(3)35-22)30-31(23)21-8-6-5-7-9-21/h5-12H,13-15H2,1-4H3,(H2,26,27,32). The summed E-state index contributed by atoms with van der Waals surface area (Å²) in [5.74, 6) is 1.64. The Morgan fingerprint density at radius 2 is 1.86 bits per heavy atom. The van der Waals surface area contributed by atoms with Crippen LogP contribution in [-0.4, -0.2) is 33.1 Å². The van der Waals surface area contributed by atoms with Gasteiger partial charge in [0.25, 0.3) is 5.89 Å². The molecule has 0 spiro atoms. The molecule has 2 amide bonds. The van der Waals surface area contributed by atoms with Crippen LogP contribution in [0.2, 0.25) is 0 Å². The number of anilines is 1. The second kappa shape index (κ2) is 10.8. The molecule has 0 aliphatic heterocycles. The van der Waals surface area contributed by atoms with E-state index in [4.69, 9.17) is 13.9 Å². The van der Waals surface area contributed by atoms with Crippen LogP contribution in [0.1, 0.15) is 34.0 Å². The highest BCUT2D eigenvalue weighted by Gasteiger charge is 2.20. The van der Waals surface area contributed by atoms with Gasteiger partial charge in [0, 0.05) is 20.6 Å². The predicted molar refractivity (Wildman–Crippen MR) is 129 cm³/mol. The third kappa shape index (κ3) is 5.85. The summed E-state index contributed by atoms with van der Waals surface area (Å²) in [7, 11) is 1.66. The number of aryl methyl sites for hydroxylation is 2. The summed E-state index contributed by atoms with van der Waals surface area (Å²) in [4.78, 5) is 12.9. The number of para-hydroxylation sites is 1. The number of rotatable bonds is 9. The lowest BCUT2D eigenvalue weighted by molar-refractivity contribution is 0.185. The summed E-state index contributed by atoms with van der Waals surface area (Å²) < 4.78 is 18.0. The molecule has 0 bridgehead atoms. The molecule has 0 unspecified atom stereocenters. The van der Waals surface area contributed by atoms with Crippen LogP contribution in [0.25, 0.3) is 5.69 Å². The van der Waals surface area contributed by atoms with Gasteiger partial charge in [-0.05, 0) is 42.7 Å². The van der Waals surface area contributed by atoms with Crippen molar-refractivity contribution in [2.75, 3.05) is 12.4 Å². The lowest BCUT2D eigenvalue weighted by Gasteiger charge is -2.13. The Hall–Kier alpha value is -4.18. The smallest absolute Gasteiger partial charge is 0.320 e. The van der Waals surface area contributed by atoms with E-state index in [1.54, 1.807) is 18.7 Å². The van der Waals surface area contributed by atoms with Crippen molar-refractivity contribution in [3.05, 3.63) is 82.6 Å². The van der Waals surface area contributed by atoms with E-state index in [1.807, 2.05) is 62.4 Å². The number of carbonyl (C=O) groups is 1. The molecule has 2 aromatic carbocycles. The number of amides is 2. The molecule has 2 aromatic heterocycles. The van der Waals surface area contributed by atoms with Gasteiger partial charge in [-0.2, -0.15) is 0 Å². The summed E-state index contributed by atoms with van der Waals surface area (Å²) in [5, 5.41) is 18.2. The maximum absolute atomic E-state index is 12.9. The monoisotopic (exact) mass is 476 g/mol. The summed E-state index contributed by atoms with van der Waals surface area (Å²) in [5.41, 5.74) is 4.59. The topological polar surface area (TPSA) is 116 Å². The van der Waals surface area contributed by atoms with Gasteiger partial charge in [0.05, 0.1) is 17.9 Å². The first-order valence-corrected chi connectivity index (χ1v) is 11.1. The Labute approximate surface area is 203 Å². The SMILES string of the molecule is COCc1ccc(C)c(CNC(=O)Nc2c(C)c(OCc3nnc(C)o3)nn2-c2ccccc2)c1. The quantitative estimate of drug-likeness (QED) is 0.371. The van der Waals surface area contributed by atoms with Crippen molar-refractivity contribution < 1.29 is 18.7 Å². The van der Waals surface area contributed by atoms with Crippen molar-refractivity contribution >= 4 is 11.8 Å². The molecule has 182 valence electrons. The Balaban J connectivity index is 1.52. The largest absolute Gasteiger partial charge is 0.466 e. The number of nitrogens with one attached hydrogen (secondary N) is 2. The lowest BCUT2D eigenvalue weighted by Crippen LogP contribution is -2.29. The Morgan fingerprint density at radius 1 is 1.06 bits per heavy atom. The minimum atomic E-state index is -0.360. The minimum Gasteiger partial charge on any atom is -0.466 e. The van der Waals surface area contributed by atoms with Crippen LogP contribution in [0.5, 0.6) is 5.88 Å². The zero-order chi connectivity index (χ0) is 24.8. The first-order chi connectivity index (χ1) is 16.9. The number of hydrogen-bond donors (Lipinski definition) is 2. The maximum Gasteiger partial charge on any atom is 0.320 e. The Kier molecular flexibility index (Phi) is 7.41. The number of ether oxygens (including phenoxy) is 2. The van der Waals surface area contributed by atoms with Gasteiger partial charge < -0.3 is 19.2 Å². The van der Waals surface area contributed by atoms with Crippen LogP contribution >= 0.6 is 0 Å². The second-order valence-electron chi connectivity index (χ2n) is 8.03. The van der Waals surface area contributed by atoms with Gasteiger partial charge in [-0.15, -0.1) is 15.3 Å². The van der Waals surface area contributed by atoms with Gasteiger partial charge in [-0.1, -0.05) is 36.4 Å². The zero-order valence-corrected chi connectivity index (χ0v) is 20.2. The molecular weight excluding hydrogens is 448 g/mol. The second-order valence-corrected chi connectivity index (χ2v) is 8.03. The average Bonchev–Trinajstić information content (AvgIpc) is 3.41. The highest BCUT2D eigenvalue weighted by atomic mass is 16.5. The molecule has 4 aromatic rings. The van der Waals surface area contributed by atoms with Gasteiger partial charge in [-0.25, -0.2) is 9.48 Å². The third-order valence-corrected chi connectivity index (χ3v) is 5.38. The molecule has 0 atom stereocenters. The van der Waals surface area contributed by atoms with Crippen LogP contribution in [0, 0.1) is 20.8 Å². The Morgan fingerprint density at radius 3 is 2.57 bits per heavy atom. The van der Waals surface area contributed by atoms with E-state index in [1.165, 1.54) is 0 Å². The van der Waals surface area contributed by atoms with E-state index in [-0.39, 0.29) is 12.6 Å². The molecule has 0 aliphatic rings. The van der Waals surface area contributed by atoms with E-state index in [0.29, 0.717) is 42.2 Å². The molecule has 0 saturated heterocycles. The number of benzene rings is 2. The van der Waals surface area contributed by atoms with E-state index in [2.05, 4.69) is 25.9 Å². The summed E-state index contributed by atoms with van der Waals surface area (Å²) >= 11 is 0. The van der Waals surface area contributed by atoms with Crippen LogP contribution in [-0.2, 0) is 24.5 Å². The van der Waals surface area contributed by atoms with Crippen molar-refractivity contribution in [1.29, 1.82) is 0 Å². The molecule has 35 heavy (non-hydrogen) atoms. The van der Waals surface area contributed by atoms with Crippen molar-refractivity contribution in [2.24, 2.45) is 0 Å². The molecule has 0 aliphatic carbocycles. The van der Waals surface area contributed by atoms with Crippen LogP contribution < -0.4 is 15.4 Å². The van der Waals surface area contributed by atoms with Crippen LogP contribution in [0.15, 0.2) is 52.9 Å². The summed E-state index contributed by atoms with van der Waals surface area (Å²) in [6.45, 7) is 6.50. The fourth-order valence-electron chi connectivity index (χ4n) is 3.54. The third-order valence-electron chi connectivity index (χ3n) is 5.38. The molecule has 4 rings (SSSR count). The number of urea groups is 1. The summed E-state index contributed by atoms with van der Waals surface area (Å²) in [6, 6.07) is 15.2. The fraction of sp³-hybridized carbons (Fsp3) is 0.280. The van der Waals surface area contributed by atoms with Crippen molar-refractivity contribution in [1.82, 2.24) is 25.3 Å². The highest BCUT2D eigenvalue weighted by molar-refractivity contribution is 5.89. The zero-order valence-electron chi connectivity index (χ0n) is 20.2. The van der Waals surface area contributed by atoms with E-state index in [0.717, 1.165) is 22.4 Å². The van der Waals surface area contributed by atoms with Gasteiger partial charge in [0.15, 0.2) is 6.61 Å². The number of methoxy groups -OCH3 is 1. The number of hydrogen-bond acceptors (Lipinski definition) is 7. The molecule has 0 saturated carbocycles. The normalized spacial score (nSPS) is 10.9. The molecule has 2 heterocycles. The first-order valence-electron chi connectivity index (χ1n) is 11.1. The summed E-state index contributed by atoms with van der Waals surface area (Å²) in [6.07, 6.45) is 0. The lowest BCUT2D eigenvalue weighted by atomic mass is 10.1. The number of aromatic nitrogens is 4.